The molecule has 0 atom stereocenters. The number of benzene rings is 2. The summed E-state index contributed by atoms with van der Waals surface area (Å²) >= 11 is 0. The highest BCUT2D eigenvalue weighted by molar-refractivity contribution is 6.10. The quantitative estimate of drug-likeness (QED) is 0.701. The molecule has 1 saturated heterocycles. The number of nitrogens with zero attached hydrogens (tertiary/aromatic N) is 3. The lowest BCUT2D eigenvalue weighted by atomic mass is 9.81. The summed E-state index contributed by atoms with van der Waals surface area (Å²) < 4.78 is 0. The molecule has 1 aliphatic heterocycles. The van der Waals surface area contributed by atoms with Crippen molar-refractivity contribution >= 4 is 29.2 Å². The van der Waals surface area contributed by atoms with Gasteiger partial charge in [-0.05, 0) is 30.5 Å². The summed E-state index contributed by atoms with van der Waals surface area (Å²) in [5.74, 6) is -0.622. The number of hydrogen-bond donors (Lipinski definition) is 1. The summed E-state index contributed by atoms with van der Waals surface area (Å²) in [5, 5.41) is 2.91. The van der Waals surface area contributed by atoms with E-state index in [4.69, 9.17) is 0 Å². The normalized spacial score (nSPS) is 17.7. The minimum absolute atomic E-state index is 0.241. The van der Waals surface area contributed by atoms with Gasteiger partial charge in [0.15, 0.2) is 0 Å². The fourth-order valence-electron chi connectivity index (χ4n) is 4.86. The average Bonchev–Trinajstić information content (AvgIpc) is 2.97. The maximum absolute atomic E-state index is 13.1. The number of anilines is 2. The third-order valence-corrected chi connectivity index (χ3v) is 6.64. The molecule has 0 bridgehead atoms. The number of likely N-dealkylation sites (N-methyl/N-ethyl adjacent to an activating group) is 1. The van der Waals surface area contributed by atoms with E-state index in [2.05, 4.69) is 22.3 Å². The number of carbonyl (C=O) groups excluding carboxylic acids is 3. The molecule has 168 valence electrons. The van der Waals surface area contributed by atoms with Crippen molar-refractivity contribution < 1.29 is 14.4 Å². The third kappa shape index (κ3) is 4.07. The molecule has 2 aromatic rings. The van der Waals surface area contributed by atoms with E-state index in [1.165, 1.54) is 0 Å². The first-order chi connectivity index (χ1) is 15.4. The molecule has 0 aromatic heterocycles. The van der Waals surface area contributed by atoms with Crippen LogP contribution in [0.15, 0.2) is 54.6 Å². The van der Waals surface area contributed by atoms with E-state index >= 15 is 0 Å². The van der Waals surface area contributed by atoms with Crippen LogP contribution in [0.2, 0.25) is 0 Å². The molecular formula is C25H30N4O3. The minimum Gasteiger partial charge on any atom is -0.369 e. The number of carbonyl (C=O) groups is 3. The molecule has 1 aliphatic carbocycles. The first-order valence-corrected chi connectivity index (χ1v) is 11.2. The third-order valence-electron chi connectivity index (χ3n) is 6.64. The van der Waals surface area contributed by atoms with E-state index in [1.54, 1.807) is 11.9 Å². The topological polar surface area (TPSA) is 73.0 Å². The average molecular weight is 435 g/mol. The summed E-state index contributed by atoms with van der Waals surface area (Å²) in [6.07, 6.45) is 4.25. The Hall–Kier alpha value is -3.35. The highest BCUT2D eigenvalue weighted by atomic mass is 16.2. The monoisotopic (exact) mass is 434 g/mol. The number of urea groups is 1. The lowest BCUT2D eigenvalue weighted by Crippen LogP contribution is -2.49. The van der Waals surface area contributed by atoms with Crippen LogP contribution in [0.3, 0.4) is 0 Å². The predicted molar refractivity (Wildman–Crippen MR) is 124 cm³/mol. The van der Waals surface area contributed by atoms with Crippen molar-refractivity contribution in [2.45, 2.75) is 44.2 Å². The van der Waals surface area contributed by atoms with Gasteiger partial charge in [0.05, 0.1) is 11.4 Å². The SMILES string of the molecule is CN(Cc1ccccc1)c1ccccc1NC(=O)CN1C(=O)N(C)C2(CCCCC2)C1=O. The zero-order valence-corrected chi connectivity index (χ0v) is 18.7. The molecular weight excluding hydrogens is 404 g/mol. The van der Waals surface area contributed by atoms with Crippen molar-refractivity contribution in [1.82, 2.24) is 9.80 Å². The van der Waals surface area contributed by atoms with Gasteiger partial charge in [0.1, 0.15) is 12.1 Å². The highest BCUT2D eigenvalue weighted by Gasteiger charge is 2.55. The smallest absolute Gasteiger partial charge is 0.327 e. The van der Waals surface area contributed by atoms with Gasteiger partial charge in [0.25, 0.3) is 5.91 Å². The Morgan fingerprint density at radius 3 is 2.38 bits per heavy atom. The summed E-state index contributed by atoms with van der Waals surface area (Å²) in [6.45, 7) is 0.407. The van der Waals surface area contributed by atoms with Crippen molar-refractivity contribution in [2.24, 2.45) is 0 Å². The van der Waals surface area contributed by atoms with Crippen LogP contribution >= 0.6 is 0 Å². The number of hydrogen-bond acceptors (Lipinski definition) is 4. The first kappa shape index (κ1) is 21.9. The number of imide groups is 1. The van der Waals surface area contributed by atoms with Crippen LogP contribution < -0.4 is 10.2 Å². The van der Waals surface area contributed by atoms with Crippen molar-refractivity contribution in [3.05, 3.63) is 60.2 Å². The van der Waals surface area contributed by atoms with Gasteiger partial charge < -0.3 is 15.1 Å². The number of nitrogens with one attached hydrogen (secondary N) is 1. The molecule has 1 N–H and O–H groups in total. The minimum atomic E-state index is -0.774. The van der Waals surface area contributed by atoms with Gasteiger partial charge in [0, 0.05) is 20.6 Å². The Balaban J connectivity index is 1.46. The molecule has 32 heavy (non-hydrogen) atoms. The maximum Gasteiger partial charge on any atom is 0.327 e. The van der Waals surface area contributed by atoms with Crippen LogP contribution in [-0.2, 0) is 16.1 Å². The van der Waals surface area contributed by atoms with Gasteiger partial charge in [-0.3, -0.25) is 14.5 Å². The Bertz CT molecular complexity index is 1000. The van der Waals surface area contributed by atoms with E-state index in [0.29, 0.717) is 25.1 Å². The lowest BCUT2D eigenvalue weighted by molar-refractivity contribution is -0.136. The van der Waals surface area contributed by atoms with Crippen molar-refractivity contribution in [2.75, 3.05) is 30.9 Å². The zero-order valence-electron chi connectivity index (χ0n) is 18.7. The van der Waals surface area contributed by atoms with Crippen molar-refractivity contribution in [3.8, 4) is 0 Å². The van der Waals surface area contributed by atoms with Gasteiger partial charge in [-0.1, -0.05) is 61.7 Å². The van der Waals surface area contributed by atoms with E-state index in [-0.39, 0.29) is 24.4 Å². The summed E-state index contributed by atoms with van der Waals surface area (Å²) in [5.41, 5.74) is 1.90. The fourth-order valence-corrected chi connectivity index (χ4v) is 4.86. The summed E-state index contributed by atoms with van der Waals surface area (Å²) in [6, 6.07) is 17.2. The van der Waals surface area contributed by atoms with Gasteiger partial charge in [-0.25, -0.2) is 4.79 Å². The Morgan fingerprint density at radius 2 is 1.66 bits per heavy atom. The Morgan fingerprint density at radius 1 is 1.00 bits per heavy atom. The predicted octanol–water partition coefficient (Wildman–Crippen LogP) is 3.86. The fraction of sp³-hybridized carbons (Fsp3) is 0.400. The van der Waals surface area contributed by atoms with Gasteiger partial charge in [-0.2, -0.15) is 0 Å². The number of amides is 4. The van der Waals surface area contributed by atoms with E-state index in [1.807, 2.05) is 49.5 Å². The second kappa shape index (κ2) is 9.02. The Labute approximate surface area is 189 Å². The largest absolute Gasteiger partial charge is 0.369 e. The molecule has 2 aromatic carbocycles. The molecule has 2 fully saturated rings. The second-order valence-corrected chi connectivity index (χ2v) is 8.73. The second-order valence-electron chi connectivity index (χ2n) is 8.73. The molecule has 0 radical (unpaired) electrons. The lowest BCUT2D eigenvalue weighted by Gasteiger charge is -2.35. The molecule has 1 saturated carbocycles. The molecule has 7 nitrogen and oxygen atoms in total. The maximum atomic E-state index is 13.1. The summed E-state index contributed by atoms with van der Waals surface area (Å²) in [4.78, 5) is 43.5. The zero-order chi connectivity index (χ0) is 22.7. The molecule has 0 unspecified atom stereocenters. The molecule has 2 aliphatic rings. The van der Waals surface area contributed by atoms with Crippen LogP contribution in [-0.4, -0.2) is 53.8 Å². The first-order valence-electron chi connectivity index (χ1n) is 11.2. The standard InChI is InChI=1S/C25H30N4O3/c1-27(17-19-11-5-3-6-12-19)21-14-8-7-13-20(21)26-22(30)18-29-23(31)25(28(2)24(29)32)15-9-4-10-16-25/h3,5-8,11-14H,4,9-10,15-18H2,1-2H3,(H,26,30). The van der Waals surface area contributed by atoms with E-state index < -0.39 is 5.54 Å². The molecule has 4 amide bonds. The highest BCUT2D eigenvalue weighted by Crippen LogP contribution is 2.39. The number of rotatable bonds is 6. The number of para-hydroxylation sites is 2. The van der Waals surface area contributed by atoms with Gasteiger partial charge in [-0.15, -0.1) is 0 Å². The van der Waals surface area contributed by atoms with Crippen molar-refractivity contribution in [1.29, 1.82) is 0 Å². The van der Waals surface area contributed by atoms with Crippen LogP contribution in [0.4, 0.5) is 16.2 Å². The van der Waals surface area contributed by atoms with Crippen LogP contribution in [0.25, 0.3) is 0 Å². The Kier molecular flexibility index (Phi) is 6.17. The van der Waals surface area contributed by atoms with Crippen molar-refractivity contribution in [3.63, 3.8) is 0 Å². The van der Waals surface area contributed by atoms with Crippen LogP contribution in [0.1, 0.15) is 37.7 Å². The summed E-state index contributed by atoms with van der Waals surface area (Å²) in [7, 11) is 3.64. The molecule has 1 heterocycles. The molecule has 1 spiro atoms. The van der Waals surface area contributed by atoms with E-state index in [9.17, 15) is 14.4 Å². The molecule has 4 rings (SSSR count). The van der Waals surface area contributed by atoms with Gasteiger partial charge in [0.2, 0.25) is 5.91 Å². The van der Waals surface area contributed by atoms with Gasteiger partial charge >= 0.3 is 6.03 Å². The van der Waals surface area contributed by atoms with E-state index in [0.717, 1.165) is 35.4 Å². The molecule has 7 heteroatoms. The van der Waals surface area contributed by atoms with Crippen LogP contribution in [0.5, 0.6) is 0 Å². The van der Waals surface area contributed by atoms with Crippen LogP contribution in [0, 0.1) is 0 Å².